The molecule has 128 valence electrons. The summed E-state index contributed by atoms with van der Waals surface area (Å²) in [5.41, 5.74) is 3.08. The Hall–Kier alpha value is -1.55. The maximum atomic E-state index is 12.4. The van der Waals surface area contributed by atoms with E-state index in [1.807, 2.05) is 26.8 Å². The third kappa shape index (κ3) is 4.05. The zero-order chi connectivity index (χ0) is 17.4. The highest BCUT2D eigenvalue weighted by Gasteiger charge is 2.33. The van der Waals surface area contributed by atoms with Crippen molar-refractivity contribution in [2.75, 3.05) is 13.2 Å². The Labute approximate surface area is 139 Å². The number of aliphatic hydroxyl groups is 1. The molecule has 0 aliphatic carbocycles. The largest absolute Gasteiger partial charge is 0.444 e. The van der Waals surface area contributed by atoms with Gasteiger partial charge in [0.25, 0.3) is 0 Å². The molecule has 1 aliphatic heterocycles. The summed E-state index contributed by atoms with van der Waals surface area (Å²) in [6.45, 7) is 12.6. The second kappa shape index (κ2) is 6.16. The van der Waals surface area contributed by atoms with Crippen molar-refractivity contribution in [3.63, 3.8) is 0 Å². The van der Waals surface area contributed by atoms with Crippen molar-refractivity contribution in [3.8, 4) is 0 Å². The van der Waals surface area contributed by atoms with E-state index in [1.165, 1.54) is 11.1 Å². The van der Waals surface area contributed by atoms with Crippen molar-refractivity contribution in [2.45, 2.75) is 65.0 Å². The van der Waals surface area contributed by atoms with Crippen molar-refractivity contribution >= 4 is 6.09 Å². The van der Waals surface area contributed by atoms with E-state index < -0.39 is 5.60 Å². The van der Waals surface area contributed by atoms with Gasteiger partial charge < -0.3 is 9.84 Å². The van der Waals surface area contributed by atoms with Crippen LogP contribution in [0.5, 0.6) is 0 Å². The molecule has 0 spiro atoms. The molecule has 23 heavy (non-hydrogen) atoms. The van der Waals surface area contributed by atoms with Gasteiger partial charge in [0.15, 0.2) is 0 Å². The van der Waals surface area contributed by atoms with E-state index >= 15 is 0 Å². The highest BCUT2D eigenvalue weighted by atomic mass is 16.6. The molecule has 0 aromatic heterocycles. The fourth-order valence-corrected chi connectivity index (χ4v) is 2.91. The second-order valence-corrected chi connectivity index (χ2v) is 8.29. The van der Waals surface area contributed by atoms with Crippen LogP contribution in [0.1, 0.15) is 64.3 Å². The van der Waals surface area contributed by atoms with E-state index in [2.05, 4.69) is 32.9 Å². The van der Waals surface area contributed by atoms with Crippen LogP contribution in [0.15, 0.2) is 18.2 Å². The van der Waals surface area contributed by atoms with Gasteiger partial charge in [0.2, 0.25) is 0 Å². The molecule has 1 aliphatic rings. The van der Waals surface area contributed by atoms with Gasteiger partial charge in [-0.25, -0.2) is 4.79 Å². The van der Waals surface area contributed by atoms with Gasteiger partial charge in [-0.3, -0.25) is 4.90 Å². The Bertz CT molecular complexity index is 581. The number of ether oxygens (including phenoxy) is 1. The van der Waals surface area contributed by atoms with Crippen LogP contribution in [-0.4, -0.2) is 34.9 Å². The molecule has 0 fully saturated rings. The highest BCUT2D eigenvalue weighted by molar-refractivity contribution is 5.69. The predicted octanol–water partition coefficient (Wildman–Crippen LogP) is 3.81. The quantitative estimate of drug-likeness (QED) is 0.856. The maximum absolute atomic E-state index is 12.4. The summed E-state index contributed by atoms with van der Waals surface area (Å²) in [5, 5.41) is 9.84. The Balaban J connectivity index is 2.30. The lowest BCUT2D eigenvalue weighted by Gasteiger charge is -2.37. The highest BCUT2D eigenvalue weighted by Crippen LogP contribution is 2.33. The first-order valence-electron chi connectivity index (χ1n) is 8.27. The van der Waals surface area contributed by atoms with Gasteiger partial charge in [-0.2, -0.15) is 0 Å². The minimum absolute atomic E-state index is 0.0893. The Morgan fingerprint density at radius 2 is 1.91 bits per heavy atom. The number of hydrogen-bond donors (Lipinski definition) is 1. The molecule has 1 unspecified atom stereocenters. The Morgan fingerprint density at radius 3 is 2.43 bits per heavy atom. The molecular formula is C19H29NO3. The number of aliphatic hydroxyl groups excluding tert-OH is 1. The van der Waals surface area contributed by atoms with Crippen molar-refractivity contribution in [2.24, 2.45) is 0 Å². The zero-order valence-corrected chi connectivity index (χ0v) is 15.1. The van der Waals surface area contributed by atoms with Gasteiger partial charge in [0, 0.05) is 6.54 Å². The summed E-state index contributed by atoms with van der Waals surface area (Å²) in [6, 6.07) is 6.03. The molecule has 4 heteroatoms. The summed E-state index contributed by atoms with van der Waals surface area (Å²) in [7, 11) is 0. The summed E-state index contributed by atoms with van der Waals surface area (Å²) < 4.78 is 5.48. The number of rotatable bonds is 1. The monoisotopic (exact) mass is 319 g/mol. The van der Waals surface area contributed by atoms with Crippen LogP contribution in [0.4, 0.5) is 4.79 Å². The number of carbonyl (C=O) groups excluding carboxylic acids is 1. The van der Waals surface area contributed by atoms with Crippen LogP contribution >= 0.6 is 0 Å². The molecule has 2 rings (SSSR count). The van der Waals surface area contributed by atoms with Crippen molar-refractivity contribution in [1.82, 2.24) is 4.90 Å². The Kier molecular flexibility index (Phi) is 4.76. The van der Waals surface area contributed by atoms with E-state index in [1.54, 1.807) is 4.90 Å². The van der Waals surface area contributed by atoms with Crippen LogP contribution in [0.25, 0.3) is 0 Å². The van der Waals surface area contributed by atoms with Crippen LogP contribution in [0.2, 0.25) is 0 Å². The molecule has 1 aromatic carbocycles. The summed E-state index contributed by atoms with van der Waals surface area (Å²) in [6.07, 6.45) is 0.428. The number of hydrogen-bond acceptors (Lipinski definition) is 3. The first-order chi connectivity index (χ1) is 10.5. The summed E-state index contributed by atoms with van der Waals surface area (Å²) in [5.74, 6) is 0. The second-order valence-electron chi connectivity index (χ2n) is 8.29. The lowest BCUT2D eigenvalue weighted by atomic mass is 9.82. The summed E-state index contributed by atoms with van der Waals surface area (Å²) in [4.78, 5) is 14.1. The molecule has 0 radical (unpaired) electrons. The fourth-order valence-electron chi connectivity index (χ4n) is 2.91. The van der Waals surface area contributed by atoms with E-state index in [0.29, 0.717) is 6.54 Å². The topological polar surface area (TPSA) is 49.8 Å². The maximum Gasteiger partial charge on any atom is 0.410 e. The molecule has 0 saturated carbocycles. The summed E-state index contributed by atoms with van der Waals surface area (Å²) >= 11 is 0. The van der Waals surface area contributed by atoms with Crippen LogP contribution in [-0.2, 0) is 16.6 Å². The minimum Gasteiger partial charge on any atom is -0.444 e. The molecular weight excluding hydrogens is 290 g/mol. The van der Waals surface area contributed by atoms with Crippen LogP contribution in [0.3, 0.4) is 0 Å². The number of fused-ring (bicyclic) bond motifs is 1. The first kappa shape index (κ1) is 17.8. The van der Waals surface area contributed by atoms with Gasteiger partial charge >= 0.3 is 6.09 Å². The van der Waals surface area contributed by atoms with Gasteiger partial charge in [0.05, 0.1) is 12.6 Å². The lowest BCUT2D eigenvalue weighted by Crippen LogP contribution is -2.44. The molecule has 1 atom stereocenters. The van der Waals surface area contributed by atoms with E-state index in [4.69, 9.17) is 4.74 Å². The minimum atomic E-state index is -0.534. The van der Waals surface area contributed by atoms with Crippen molar-refractivity contribution in [1.29, 1.82) is 0 Å². The van der Waals surface area contributed by atoms with Gasteiger partial charge in [-0.15, -0.1) is 0 Å². The molecule has 0 bridgehead atoms. The SMILES string of the molecule is CC(C)(C)OC(=O)N1CCc2cc(C(C)(C)C)ccc2C1CO. The Morgan fingerprint density at radius 1 is 1.26 bits per heavy atom. The average molecular weight is 319 g/mol. The zero-order valence-electron chi connectivity index (χ0n) is 15.1. The van der Waals surface area contributed by atoms with E-state index in [9.17, 15) is 9.90 Å². The number of benzene rings is 1. The van der Waals surface area contributed by atoms with Crippen LogP contribution in [0, 0.1) is 0 Å². The lowest BCUT2D eigenvalue weighted by molar-refractivity contribution is 0.00694. The van der Waals surface area contributed by atoms with Gasteiger partial charge in [-0.05, 0) is 49.3 Å². The fraction of sp³-hybridized carbons (Fsp3) is 0.632. The third-order valence-corrected chi connectivity index (χ3v) is 4.17. The molecule has 0 saturated heterocycles. The van der Waals surface area contributed by atoms with Crippen molar-refractivity contribution in [3.05, 3.63) is 34.9 Å². The molecule has 1 N–H and O–H groups in total. The molecule has 1 amide bonds. The van der Waals surface area contributed by atoms with Gasteiger partial charge in [0.1, 0.15) is 5.60 Å². The van der Waals surface area contributed by atoms with Crippen LogP contribution < -0.4 is 0 Å². The normalized spacial score (nSPS) is 18.6. The molecule has 1 heterocycles. The predicted molar refractivity (Wildman–Crippen MR) is 91.6 cm³/mol. The number of amides is 1. The molecule has 1 aromatic rings. The number of nitrogens with zero attached hydrogens (tertiary/aromatic N) is 1. The standard InChI is InChI=1S/C19H29NO3/c1-18(2,3)14-7-8-15-13(11-14)9-10-20(16(15)12-21)17(22)23-19(4,5)6/h7-8,11,16,21H,9-10,12H2,1-6H3. The first-order valence-corrected chi connectivity index (χ1v) is 8.27. The number of carbonyl (C=O) groups is 1. The molecule has 4 nitrogen and oxygen atoms in total. The smallest absolute Gasteiger partial charge is 0.410 e. The van der Waals surface area contributed by atoms with E-state index in [-0.39, 0.29) is 24.2 Å². The average Bonchev–Trinajstić information content (AvgIpc) is 2.42. The van der Waals surface area contributed by atoms with Crippen molar-refractivity contribution < 1.29 is 14.6 Å². The third-order valence-electron chi connectivity index (χ3n) is 4.17. The van der Waals surface area contributed by atoms with E-state index in [0.717, 1.165) is 12.0 Å². The van der Waals surface area contributed by atoms with Gasteiger partial charge in [-0.1, -0.05) is 39.0 Å².